The number of amides is 1. The number of carbonyl (C=O) groups excluding carboxylic acids is 1. The molecule has 1 aliphatic rings. The summed E-state index contributed by atoms with van der Waals surface area (Å²) in [6.07, 6.45) is 3.00. The Labute approximate surface area is 137 Å². The molecular formula is C20H23NO2. The second-order valence-corrected chi connectivity index (χ2v) is 6.15. The highest BCUT2D eigenvalue weighted by Crippen LogP contribution is 2.31. The lowest BCUT2D eigenvalue weighted by molar-refractivity contribution is -0.246. The quantitative estimate of drug-likeness (QED) is 0.724. The Morgan fingerprint density at radius 3 is 2.17 bits per heavy atom. The highest BCUT2D eigenvalue weighted by Gasteiger charge is 2.44. The Balaban J connectivity index is 1.42. The van der Waals surface area contributed by atoms with Crippen molar-refractivity contribution < 1.29 is 9.63 Å². The molecule has 0 bridgehead atoms. The lowest BCUT2D eigenvalue weighted by atomic mass is 9.86. The molecule has 0 spiro atoms. The van der Waals surface area contributed by atoms with E-state index in [9.17, 15) is 4.79 Å². The van der Waals surface area contributed by atoms with Gasteiger partial charge in [-0.15, -0.1) is 0 Å². The van der Waals surface area contributed by atoms with Crippen molar-refractivity contribution in [3.05, 3.63) is 71.8 Å². The molecule has 0 aliphatic carbocycles. The summed E-state index contributed by atoms with van der Waals surface area (Å²) in [5.41, 5.74) is 2.42. The Hall–Kier alpha value is -2.13. The molecule has 3 rings (SSSR count). The van der Waals surface area contributed by atoms with E-state index in [1.165, 1.54) is 5.56 Å². The van der Waals surface area contributed by atoms with Crippen molar-refractivity contribution in [2.24, 2.45) is 5.92 Å². The summed E-state index contributed by atoms with van der Waals surface area (Å²) < 4.78 is 0. The monoisotopic (exact) mass is 309 g/mol. The zero-order chi connectivity index (χ0) is 16.1. The van der Waals surface area contributed by atoms with Crippen LogP contribution in [0.1, 0.15) is 30.9 Å². The molecule has 1 saturated heterocycles. The fourth-order valence-electron chi connectivity index (χ4n) is 3.09. The molecule has 0 saturated carbocycles. The van der Waals surface area contributed by atoms with Gasteiger partial charge in [0.1, 0.15) is 6.61 Å². The summed E-state index contributed by atoms with van der Waals surface area (Å²) in [5.74, 6) is 0.232. The summed E-state index contributed by atoms with van der Waals surface area (Å²) in [6, 6.07) is 20.5. The zero-order valence-corrected chi connectivity index (χ0v) is 13.5. The average Bonchev–Trinajstić information content (AvgIpc) is 2.60. The summed E-state index contributed by atoms with van der Waals surface area (Å²) in [5, 5.41) is 1.54. The van der Waals surface area contributed by atoms with E-state index in [4.69, 9.17) is 4.84 Å². The van der Waals surface area contributed by atoms with Crippen LogP contribution in [0.4, 0.5) is 0 Å². The van der Waals surface area contributed by atoms with E-state index in [1.54, 1.807) is 5.06 Å². The summed E-state index contributed by atoms with van der Waals surface area (Å²) in [4.78, 5) is 17.9. The number of nitrogens with zero attached hydrogens (tertiary/aromatic N) is 1. The predicted molar refractivity (Wildman–Crippen MR) is 90.4 cm³/mol. The second-order valence-electron chi connectivity index (χ2n) is 6.15. The van der Waals surface area contributed by atoms with E-state index >= 15 is 0 Å². The van der Waals surface area contributed by atoms with Crippen LogP contribution in [0.2, 0.25) is 0 Å². The van der Waals surface area contributed by atoms with Crippen LogP contribution in [0.15, 0.2) is 60.7 Å². The highest BCUT2D eigenvalue weighted by atomic mass is 16.7. The number of rotatable bonds is 7. The van der Waals surface area contributed by atoms with Crippen LogP contribution in [-0.4, -0.2) is 17.0 Å². The fourth-order valence-corrected chi connectivity index (χ4v) is 3.09. The molecule has 2 atom stereocenters. The predicted octanol–water partition coefficient (Wildman–Crippen LogP) is 3.99. The molecule has 0 unspecified atom stereocenters. The first-order chi connectivity index (χ1) is 11.3. The van der Waals surface area contributed by atoms with Crippen molar-refractivity contribution in [3.8, 4) is 0 Å². The zero-order valence-electron chi connectivity index (χ0n) is 13.5. The first kappa shape index (κ1) is 15.8. The lowest BCUT2D eigenvalue weighted by Gasteiger charge is -2.43. The second kappa shape index (κ2) is 7.42. The van der Waals surface area contributed by atoms with Gasteiger partial charge in [-0.3, -0.25) is 9.63 Å². The van der Waals surface area contributed by atoms with E-state index < -0.39 is 0 Å². The third-order valence-electron chi connectivity index (χ3n) is 4.52. The van der Waals surface area contributed by atoms with Crippen molar-refractivity contribution in [3.63, 3.8) is 0 Å². The number of hydrogen-bond acceptors (Lipinski definition) is 2. The SMILES string of the molecule is C[C@@H]1[C@H](CCCc2ccccc2)C(=O)N1OCc1ccccc1. The van der Waals surface area contributed by atoms with Crippen LogP contribution in [0.25, 0.3) is 0 Å². The van der Waals surface area contributed by atoms with Crippen molar-refractivity contribution in [1.29, 1.82) is 0 Å². The largest absolute Gasteiger partial charge is 0.272 e. The standard InChI is InChI=1S/C20H23NO2/c1-16-19(14-8-13-17-9-4-2-5-10-17)20(22)21(16)23-15-18-11-6-3-7-12-18/h2-7,9-12,16,19H,8,13-15H2,1H3/t16-,19+/m1/s1. The maximum atomic E-state index is 12.2. The van der Waals surface area contributed by atoms with Crippen molar-refractivity contribution >= 4 is 5.91 Å². The molecule has 3 nitrogen and oxygen atoms in total. The maximum Gasteiger partial charge on any atom is 0.251 e. The first-order valence-corrected chi connectivity index (χ1v) is 8.29. The van der Waals surface area contributed by atoms with Gasteiger partial charge in [0.2, 0.25) is 0 Å². The topological polar surface area (TPSA) is 29.5 Å². The smallest absolute Gasteiger partial charge is 0.251 e. The van der Waals surface area contributed by atoms with Gasteiger partial charge < -0.3 is 0 Å². The molecular weight excluding hydrogens is 286 g/mol. The van der Waals surface area contributed by atoms with Gasteiger partial charge >= 0.3 is 0 Å². The number of benzene rings is 2. The molecule has 120 valence electrons. The van der Waals surface area contributed by atoms with Gasteiger partial charge in [0.15, 0.2) is 0 Å². The Kier molecular flexibility index (Phi) is 5.09. The summed E-state index contributed by atoms with van der Waals surface area (Å²) in [7, 11) is 0. The number of hydroxylamine groups is 2. The Morgan fingerprint density at radius 2 is 1.57 bits per heavy atom. The molecule has 0 N–H and O–H groups in total. The van der Waals surface area contributed by atoms with Gasteiger partial charge in [-0.2, -0.15) is 0 Å². The summed E-state index contributed by atoms with van der Waals surface area (Å²) in [6.45, 7) is 2.52. The van der Waals surface area contributed by atoms with E-state index in [-0.39, 0.29) is 17.9 Å². The van der Waals surface area contributed by atoms with Crippen molar-refractivity contribution in [2.45, 2.75) is 38.8 Å². The number of hydrogen-bond donors (Lipinski definition) is 0. The maximum absolute atomic E-state index is 12.2. The molecule has 2 aromatic rings. The molecule has 1 heterocycles. The highest BCUT2D eigenvalue weighted by molar-refractivity contribution is 5.84. The van der Waals surface area contributed by atoms with Crippen LogP contribution in [0.5, 0.6) is 0 Å². The lowest BCUT2D eigenvalue weighted by Crippen LogP contribution is -2.58. The van der Waals surface area contributed by atoms with E-state index in [2.05, 4.69) is 31.2 Å². The van der Waals surface area contributed by atoms with Crippen LogP contribution in [0.3, 0.4) is 0 Å². The van der Waals surface area contributed by atoms with Crippen molar-refractivity contribution in [2.75, 3.05) is 0 Å². The molecule has 2 aromatic carbocycles. The molecule has 1 aliphatic heterocycles. The molecule has 0 aromatic heterocycles. The normalized spacial score (nSPS) is 20.4. The van der Waals surface area contributed by atoms with Crippen LogP contribution < -0.4 is 0 Å². The van der Waals surface area contributed by atoms with Crippen LogP contribution in [0, 0.1) is 5.92 Å². The Morgan fingerprint density at radius 1 is 0.957 bits per heavy atom. The number of aryl methyl sites for hydroxylation is 1. The van der Waals surface area contributed by atoms with E-state index in [0.29, 0.717) is 6.61 Å². The third kappa shape index (κ3) is 3.80. The van der Waals surface area contributed by atoms with Crippen LogP contribution in [-0.2, 0) is 22.7 Å². The summed E-state index contributed by atoms with van der Waals surface area (Å²) >= 11 is 0. The fraction of sp³-hybridized carbons (Fsp3) is 0.350. The van der Waals surface area contributed by atoms with E-state index in [1.807, 2.05) is 36.4 Å². The van der Waals surface area contributed by atoms with Gasteiger partial charge in [-0.05, 0) is 37.3 Å². The molecule has 3 heteroatoms. The van der Waals surface area contributed by atoms with Gasteiger partial charge in [0.05, 0.1) is 12.0 Å². The minimum atomic E-state index is 0.106. The van der Waals surface area contributed by atoms with Crippen molar-refractivity contribution in [1.82, 2.24) is 5.06 Å². The van der Waals surface area contributed by atoms with Gasteiger partial charge in [0, 0.05) is 0 Å². The van der Waals surface area contributed by atoms with E-state index in [0.717, 1.165) is 24.8 Å². The van der Waals surface area contributed by atoms with Crippen LogP contribution >= 0.6 is 0 Å². The first-order valence-electron chi connectivity index (χ1n) is 8.29. The van der Waals surface area contributed by atoms with Gasteiger partial charge in [0.25, 0.3) is 5.91 Å². The molecule has 1 fully saturated rings. The molecule has 0 radical (unpaired) electrons. The number of β-lactam (4-membered cyclic amide) rings is 1. The number of carbonyl (C=O) groups is 1. The van der Waals surface area contributed by atoms with Gasteiger partial charge in [-0.1, -0.05) is 60.7 Å². The molecule has 23 heavy (non-hydrogen) atoms. The minimum Gasteiger partial charge on any atom is -0.272 e. The van der Waals surface area contributed by atoms with Gasteiger partial charge in [-0.25, -0.2) is 5.06 Å². The Bertz CT molecular complexity index is 627. The molecule has 1 amide bonds. The average molecular weight is 309 g/mol. The minimum absolute atomic E-state index is 0.106. The third-order valence-corrected chi connectivity index (χ3v) is 4.52.